The Labute approximate surface area is 276 Å². The Bertz CT molecular complexity index is 1060. The summed E-state index contributed by atoms with van der Waals surface area (Å²) in [6.07, 6.45) is 8.01. The Kier molecular flexibility index (Phi) is 13.8. The van der Waals surface area contributed by atoms with E-state index in [2.05, 4.69) is 24.6 Å². The van der Waals surface area contributed by atoms with Crippen molar-refractivity contribution in [1.29, 1.82) is 0 Å². The van der Waals surface area contributed by atoms with Gasteiger partial charge in [-0.25, -0.2) is 0 Å². The lowest BCUT2D eigenvalue weighted by Gasteiger charge is -2.35. The van der Waals surface area contributed by atoms with Gasteiger partial charge in [0.05, 0.1) is 55.9 Å². The number of hydrogen-bond acceptors (Lipinski definition) is 10. The molecule has 4 saturated carbocycles. The van der Waals surface area contributed by atoms with Crippen LogP contribution in [0.1, 0.15) is 104 Å². The van der Waals surface area contributed by atoms with Gasteiger partial charge in [-0.1, -0.05) is 13.8 Å². The van der Waals surface area contributed by atoms with Crippen LogP contribution < -0.4 is 10.8 Å². The molecule has 0 spiro atoms. The highest BCUT2D eigenvalue weighted by molar-refractivity contribution is 5.85. The van der Waals surface area contributed by atoms with Crippen LogP contribution in [0, 0.1) is 39.2 Å². The molecule has 0 aromatic carbocycles. The highest BCUT2D eigenvalue weighted by atomic mass is 16.6. The third-order valence-corrected chi connectivity index (χ3v) is 10.7. The van der Waals surface area contributed by atoms with E-state index < -0.39 is 52.7 Å². The third-order valence-electron chi connectivity index (χ3n) is 10.7. The number of aliphatic hydroxyl groups is 1. The molecule has 5 N–H and O–H groups in total. The van der Waals surface area contributed by atoms with Crippen LogP contribution in [-0.4, -0.2) is 94.3 Å². The van der Waals surface area contributed by atoms with Gasteiger partial charge in [-0.2, -0.15) is 5.48 Å². The molecule has 4 aliphatic carbocycles. The number of carboxylic acid groups (broad SMARTS) is 2. The lowest BCUT2D eigenvalue weighted by molar-refractivity contribution is -0.528. The second-order valence-corrected chi connectivity index (χ2v) is 15.1. The fourth-order valence-electron chi connectivity index (χ4n) is 7.70. The van der Waals surface area contributed by atoms with Crippen LogP contribution in [0.15, 0.2) is 0 Å². The van der Waals surface area contributed by atoms with E-state index in [0.717, 1.165) is 38.5 Å². The van der Waals surface area contributed by atoms with Crippen LogP contribution in [0.3, 0.4) is 0 Å². The van der Waals surface area contributed by atoms with Crippen molar-refractivity contribution in [3.8, 4) is 0 Å². The highest BCUT2D eigenvalue weighted by Gasteiger charge is 2.44. The van der Waals surface area contributed by atoms with Crippen LogP contribution in [0.25, 0.3) is 0 Å². The first kappa shape index (κ1) is 37.4. The minimum atomic E-state index is -1.07. The number of carbonyl (C=O) groups is 3. The number of nitro groups is 1. The number of hydroxylamine groups is 1. The molecule has 14 heteroatoms. The zero-order valence-corrected chi connectivity index (χ0v) is 27.8. The number of ether oxygens (including phenoxy) is 2. The summed E-state index contributed by atoms with van der Waals surface area (Å²) in [5.74, 6) is -4.74. The van der Waals surface area contributed by atoms with Crippen molar-refractivity contribution in [3.05, 3.63) is 10.1 Å². The molecule has 47 heavy (non-hydrogen) atoms. The van der Waals surface area contributed by atoms with Gasteiger partial charge >= 0.3 is 11.9 Å². The molecule has 14 nitrogen and oxygen atoms in total. The van der Waals surface area contributed by atoms with Gasteiger partial charge in [0.2, 0.25) is 11.9 Å². The number of hydrogen-bond donors (Lipinski definition) is 5. The SMILES string of the molecule is CC(C)(COC1CCC(NOCC2CC(O)CCC2C(=O)O)CC1)COC1CCC(NC(=O)C2CC([N+](=O)[O-])CCC2C(=O)O)CC1. The van der Waals surface area contributed by atoms with E-state index in [1.165, 1.54) is 0 Å². The van der Waals surface area contributed by atoms with E-state index in [9.17, 15) is 39.8 Å². The Morgan fingerprint density at radius 3 is 1.87 bits per heavy atom. The van der Waals surface area contributed by atoms with Gasteiger partial charge < -0.3 is 34.9 Å². The lowest BCUT2D eigenvalue weighted by Crippen LogP contribution is -2.48. The monoisotopic (exact) mass is 669 g/mol. The van der Waals surface area contributed by atoms with E-state index in [1.54, 1.807) is 0 Å². The van der Waals surface area contributed by atoms with Crippen molar-refractivity contribution in [3.63, 3.8) is 0 Å². The van der Waals surface area contributed by atoms with Gasteiger partial charge in [0.15, 0.2) is 0 Å². The quantitative estimate of drug-likeness (QED) is 0.126. The molecule has 6 unspecified atom stereocenters. The molecule has 0 saturated heterocycles. The van der Waals surface area contributed by atoms with Crippen molar-refractivity contribution >= 4 is 17.8 Å². The average molecular weight is 670 g/mol. The molecule has 0 bridgehead atoms. The minimum absolute atomic E-state index is 0.0402. The fourth-order valence-corrected chi connectivity index (χ4v) is 7.70. The first-order valence-corrected chi connectivity index (χ1v) is 17.5. The van der Waals surface area contributed by atoms with Crippen LogP contribution in [0.4, 0.5) is 0 Å². The van der Waals surface area contributed by atoms with E-state index in [0.29, 0.717) is 45.3 Å². The molecular formula is C33H55N3O11. The number of amides is 1. The average Bonchev–Trinajstić information content (AvgIpc) is 3.03. The molecule has 0 aromatic heterocycles. The van der Waals surface area contributed by atoms with Gasteiger partial charge in [-0.15, -0.1) is 0 Å². The topological polar surface area (TPSA) is 207 Å². The number of aliphatic hydroxyl groups excluding tert-OH is 1. The predicted octanol–water partition coefficient (Wildman–Crippen LogP) is 3.31. The molecule has 6 atom stereocenters. The lowest BCUT2D eigenvalue weighted by atomic mass is 9.76. The molecule has 4 rings (SSSR count). The van der Waals surface area contributed by atoms with Gasteiger partial charge in [0.1, 0.15) is 0 Å². The largest absolute Gasteiger partial charge is 0.481 e. The zero-order valence-electron chi connectivity index (χ0n) is 27.8. The highest BCUT2D eigenvalue weighted by Crippen LogP contribution is 2.34. The number of carbonyl (C=O) groups excluding carboxylic acids is 1. The summed E-state index contributed by atoms with van der Waals surface area (Å²) >= 11 is 0. The maximum absolute atomic E-state index is 13.0. The molecular weight excluding hydrogens is 614 g/mol. The summed E-state index contributed by atoms with van der Waals surface area (Å²) < 4.78 is 12.5. The molecule has 1 amide bonds. The summed E-state index contributed by atoms with van der Waals surface area (Å²) in [6, 6.07) is -0.794. The van der Waals surface area contributed by atoms with Crippen LogP contribution in [0.5, 0.6) is 0 Å². The first-order valence-electron chi connectivity index (χ1n) is 17.5. The van der Waals surface area contributed by atoms with Gasteiger partial charge in [-0.05, 0) is 83.0 Å². The van der Waals surface area contributed by atoms with Gasteiger partial charge in [-0.3, -0.25) is 24.5 Å². The Hall–Kier alpha value is -2.39. The van der Waals surface area contributed by atoms with Crippen LogP contribution >= 0.6 is 0 Å². The standard InChI is InChI=1S/C33H55N3O11/c1-33(2,19-46-26-11-5-22(6-12-26)35-47-17-20-15-24(37)8-14-27(20)31(39)40)18-45-25-9-3-21(4-10-25)34-30(38)29-16-23(36(43)44)7-13-28(29)32(41)42/h20-29,35,37H,3-19H2,1-2H3,(H,34,38)(H,39,40)(H,41,42). The Morgan fingerprint density at radius 1 is 0.766 bits per heavy atom. The minimum Gasteiger partial charge on any atom is -0.481 e. The van der Waals surface area contributed by atoms with E-state index in [4.69, 9.17) is 14.3 Å². The molecule has 0 radical (unpaired) electrons. The number of nitrogens with one attached hydrogen (secondary N) is 2. The summed E-state index contributed by atoms with van der Waals surface area (Å²) in [6.45, 7) is 5.61. The molecule has 4 aliphatic rings. The number of rotatable bonds is 15. The Morgan fingerprint density at radius 2 is 1.32 bits per heavy atom. The zero-order chi connectivity index (χ0) is 34.1. The van der Waals surface area contributed by atoms with Crippen LogP contribution in [-0.2, 0) is 28.7 Å². The van der Waals surface area contributed by atoms with Gasteiger partial charge in [0, 0.05) is 35.3 Å². The van der Waals surface area contributed by atoms with E-state index >= 15 is 0 Å². The van der Waals surface area contributed by atoms with E-state index in [-0.39, 0.29) is 61.5 Å². The van der Waals surface area contributed by atoms with Crippen LogP contribution in [0.2, 0.25) is 0 Å². The molecule has 0 heterocycles. The number of aliphatic carboxylic acids is 2. The summed E-state index contributed by atoms with van der Waals surface area (Å²) in [5.41, 5.74) is 2.93. The predicted molar refractivity (Wildman–Crippen MR) is 169 cm³/mol. The maximum atomic E-state index is 13.0. The van der Waals surface area contributed by atoms with Crippen molar-refractivity contribution in [2.75, 3.05) is 19.8 Å². The maximum Gasteiger partial charge on any atom is 0.307 e. The normalized spacial score (nSPS) is 35.1. The Balaban J connectivity index is 1.08. The fraction of sp³-hybridized carbons (Fsp3) is 0.909. The molecule has 4 fully saturated rings. The second kappa shape index (κ2) is 17.3. The number of nitrogens with zero attached hydrogens (tertiary/aromatic N) is 1. The van der Waals surface area contributed by atoms with Gasteiger partial charge in [0.25, 0.3) is 0 Å². The van der Waals surface area contributed by atoms with Crippen molar-refractivity contribution in [2.45, 2.75) is 140 Å². The smallest absolute Gasteiger partial charge is 0.307 e. The molecule has 268 valence electrons. The van der Waals surface area contributed by atoms with Crippen molar-refractivity contribution in [1.82, 2.24) is 10.8 Å². The third kappa shape index (κ3) is 11.3. The summed E-state index contributed by atoms with van der Waals surface area (Å²) in [4.78, 5) is 52.8. The number of carboxylic acids is 2. The van der Waals surface area contributed by atoms with Crippen molar-refractivity contribution in [2.24, 2.45) is 29.1 Å². The summed E-state index contributed by atoms with van der Waals surface area (Å²) in [5, 5.41) is 43.2. The second-order valence-electron chi connectivity index (χ2n) is 15.1. The summed E-state index contributed by atoms with van der Waals surface area (Å²) in [7, 11) is 0. The first-order chi connectivity index (χ1) is 22.3. The molecule has 0 aromatic rings. The van der Waals surface area contributed by atoms with Crippen molar-refractivity contribution < 1.29 is 48.9 Å². The van der Waals surface area contributed by atoms with E-state index in [1.807, 2.05) is 0 Å². The molecule has 0 aliphatic heterocycles.